The molecule has 0 saturated carbocycles. The Hall–Kier alpha value is -5.33. The second-order valence-electron chi connectivity index (χ2n) is 10.1. The van der Waals surface area contributed by atoms with E-state index in [1.54, 1.807) is 48.1 Å². The molecule has 0 amide bonds. The maximum Gasteiger partial charge on any atom is 0.265 e. The van der Waals surface area contributed by atoms with Gasteiger partial charge in [-0.3, -0.25) is 4.18 Å². The summed E-state index contributed by atoms with van der Waals surface area (Å²) in [5, 5.41) is 9.72. The topological polar surface area (TPSA) is 123 Å². The number of benzene rings is 2. The molecule has 0 spiro atoms. The van der Waals surface area contributed by atoms with Crippen LogP contribution < -0.4 is 9.47 Å². The Balaban J connectivity index is 1.44. The lowest BCUT2D eigenvalue weighted by atomic mass is 10.1. The summed E-state index contributed by atoms with van der Waals surface area (Å²) in [6, 6.07) is 30.4. The molecule has 6 aromatic rings. The predicted octanol–water partition coefficient (Wildman–Crippen LogP) is 5.46. The van der Waals surface area contributed by atoms with Crippen LogP contribution in [0.1, 0.15) is 17.5 Å². The Bertz CT molecular complexity index is 1990. The highest BCUT2D eigenvalue weighted by Crippen LogP contribution is 2.32. The lowest BCUT2D eigenvalue weighted by molar-refractivity contribution is 0.209. The first-order chi connectivity index (χ1) is 21.8. The molecule has 0 saturated heterocycles. The van der Waals surface area contributed by atoms with Crippen molar-refractivity contribution in [3.8, 4) is 45.6 Å². The molecule has 1 atom stereocenters. The van der Waals surface area contributed by atoms with E-state index in [9.17, 15) is 8.42 Å². The van der Waals surface area contributed by atoms with Crippen LogP contribution >= 0.6 is 0 Å². The fourth-order valence-corrected chi connectivity index (χ4v) is 5.52. The summed E-state index contributed by atoms with van der Waals surface area (Å²) in [7, 11) is -0.781. The second kappa shape index (κ2) is 12.7. The smallest absolute Gasteiger partial charge is 0.265 e. The number of pyridine rings is 2. The van der Waals surface area contributed by atoms with Gasteiger partial charge in [0.1, 0.15) is 6.10 Å². The van der Waals surface area contributed by atoms with E-state index in [1.807, 2.05) is 84.9 Å². The monoisotopic (exact) mass is 622 g/mol. The van der Waals surface area contributed by atoms with Gasteiger partial charge in [0, 0.05) is 29.7 Å². The third-order valence-electron chi connectivity index (χ3n) is 6.99. The van der Waals surface area contributed by atoms with E-state index in [4.69, 9.17) is 23.9 Å². The van der Waals surface area contributed by atoms with Crippen LogP contribution in [0.2, 0.25) is 0 Å². The summed E-state index contributed by atoms with van der Waals surface area (Å²) >= 11 is 0. The summed E-state index contributed by atoms with van der Waals surface area (Å²) in [6.45, 7) is 0. The molecule has 11 nitrogen and oxygen atoms in total. The number of aromatic nitrogens is 6. The number of hydrogen-bond acceptors (Lipinski definition) is 9. The fraction of sp³-hybridized carbons (Fsp3) is 0.152. The van der Waals surface area contributed by atoms with Gasteiger partial charge >= 0.3 is 0 Å². The van der Waals surface area contributed by atoms with Crippen LogP contribution in [0.15, 0.2) is 109 Å². The summed E-state index contributed by atoms with van der Waals surface area (Å²) in [5.41, 5.74) is 5.74. The van der Waals surface area contributed by atoms with Gasteiger partial charge in [-0.2, -0.15) is 18.6 Å². The molecular formula is C33H30N6O5S. The van der Waals surface area contributed by atoms with E-state index < -0.39 is 16.2 Å². The van der Waals surface area contributed by atoms with Crippen molar-refractivity contribution in [3.63, 3.8) is 0 Å². The minimum Gasteiger partial charge on any atom is -0.481 e. The summed E-state index contributed by atoms with van der Waals surface area (Å²) < 4.78 is 44.7. The maximum absolute atomic E-state index is 12.6. The molecule has 12 heteroatoms. The molecule has 45 heavy (non-hydrogen) atoms. The first-order valence-electron chi connectivity index (χ1n) is 14.0. The van der Waals surface area contributed by atoms with Crippen molar-refractivity contribution in [2.75, 3.05) is 20.5 Å². The van der Waals surface area contributed by atoms with Crippen molar-refractivity contribution >= 4 is 10.1 Å². The van der Waals surface area contributed by atoms with Gasteiger partial charge in [-0.15, -0.1) is 0 Å². The molecule has 0 radical (unpaired) electrons. The van der Waals surface area contributed by atoms with Crippen LogP contribution in [0.4, 0.5) is 0 Å². The number of rotatable bonds is 11. The molecule has 0 fully saturated rings. The van der Waals surface area contributed by atoms with Gasteiger partial charge in [0.2, 0.25) is 11.8 Å². The van der Waals surface area contributed by atoms with E-state index in [2.05, 4.69) is 9.97 Å². The molecule has 0 aliphatic rings. The Morgan fingerprint density at radius 1 is 0.689 bits per heavy atom. The molecular weight excluding hydrogens is 592 g/mol. The molecule has 4 aromatic heterocycles. The minimum atomic E-state index is -3.89. The number of methoxy groups -OCH3 is 2. The average molecular weight is 623 g/mol. The number of hydrogen-bond donors (Lipinski definition) is 0. The van der Waals surface area contributed by atoms with Gasteiger partial charge in [0.05, 0.1) is 67.0 Å². The summed E-state index contributed by atoms with van der Waals surface area (Å²) in [6.07, 6.45) is 3.49. The van der Waals surface area contributed by atoms with Crippen molar-refractivity contribution in [3.05, 3.63) is 121 Å². The lowest BCUT2D eigenvalue weighted by Gasteiger charge is -2.13. The van der Waals surface area contributed by atoms with Crippen LogP contribution in [-0.2, 0) is 20.7 Å². The van der Waals surface area contributed by atoms with Gasteiger partial charge < -0.3 is 9.47 Å². The van der Waals surface area contributed by atoms with Gasteiger partial charge in [0.15, 0.2) is 0 Å². The van der Waals surface area contributed by atoms with Gasteiger partial charge in [-0.1, -0.05) is 60.7 Å². The van der Waals surface area contributed by atoms with Gasteiger partial charge in [-0.05, 0) is 24.3 Å². The Morgan fingerprint density at radius 3 is 1.67 bits per heavy atom. The molecule has 0 N–H and O–H groups in total. The SMILES string of the molecule is COc1ccc(-n2nc(CC(OS(C)(=O)=O)c3cc(-c4ccccc4)n(-c4ccc(OC)nc4)n3)cc2-c2ccccc2)cn1. The maximum atomic E-state index is 12.6. The van der Waals surface area contributed by atoms with Crippen molar-refractivity contribution in [1.29, 1.82) is 0 Å². The molecule has 1 unspecified atom stereocenters. The van der Waals surface area contributed by atoms with Gasteiger partial charge in [0.25, 0.3) is 10.1 Å². The standard InChI is InChI=1S/C33H30N6O5S/c1-42-32-16-14-26(21-34-32)38-29(23-10-6-4-7-11-23)18-25(36-38)19-31(44-45(3,40)41)28-20-30(24-12-8-5-9-13-24)39(37-28)27-15-17-33(43-2)35-22-27/h4-18,20-22,31H,19H2,1-3H3. The second-order valence-corrected chi connectivity index (χ2v) is 11.7. The highest BCUT2D eigenvalue weighted by molar-refractivity contribution is 7.86. The molecule has 0 aliphatic heterocycles. The van der Waals surface area contributed by atoms with Crippen LogP contribution in [-0.4, -0.2) is 58.4 Å². The van der Waals surface area contributed by atoms with Crippen LogP contribution in [0, 0.1) is 0 Å². The largest absolute Gasteiger partial charge is 0.481 e. The number of ether oxygens (including phenoxy) is 2. The average Bonchev–Trinajstić information content (AvgIpc) is 3.70. The first kappa shape index (κ1) is 29.7. The van der Waals surface area contributed by atoms with Crippen molar-refractivity contribution in [1.82, 2.24) is 29.5 Å². The third-order valence-corrected chi connectivity index (χ3v) is 7.57. The first-order valence-corrected chi connectivity index (χ1v) is 15.8. The zero-order valence-corrected chi connectivity index (χ0v) is 25.6. The Morgan fingerprint density at radius 2 is 1.20 bits per heavy atom. The van der Waals surface area contributed by atoms with E-state index in [0.29, 0.717) is 34.5 Å². The van der Waals surface area contributed by atoms with E-state index in [0.717, 1.165) is 28.8 Å². The predicted molar refractivity (Wildman–Crippen MR) is 169 cm³/mol. The molecule has 228 valence electrons. The quantitative estimate of drug-likeness (QED) is 0.173. The highest BCUT2D eigenvalue weighted by atomic mass is 32.2. The number of nitrogens with zero attached hydrogens (tertiary/aromatic N) is 6. The molecule has 0 aliphatic carbocycles. The molecule has 4 heterocycles. The van der Waals surface area contributed by atoms with Crippen LogP contribution in [0.5, 0.6) is 11.8 Å². The van der Waals surface area contributed by atoms with Crippen molar-refractivity contribution in [2.45, 2.75) is 12.5 Å². The van der Waals surface area contributed by atoms with Gasteiger partial charge in [-0.25, -0.2) is 19.3 Å². The van der Waals surface area contributed by atoms with Crippen molar-refractivity contribution < 1.29 is 22.1 Å². The van der Waals surface area contributed by atoms with E-state index in [-0.39, 0.29) is 6.42 Å². The zero-order chi connectivity index (χ0) is 31.4. The van der Waals surface area contributed by atoms with Crippen LogP contribution in [0.3, 0.4) is 0 Å². The Labute approximate surface area is 260 Å². The van der Waals surface area contributed by atoms with E-state index in [1.165, 1.54) is 0 Å². The minimum absolute atomic E-state index is 0.121. The zero-order valence-electron chi connectivity index (χ0n) is 24.8. The highest BCUT2D eigenvalue weighted by Gasteiger charge is 2.26. The molecule has 6 rings (SSSR count). The lowest BCUT2D eigenvalue weighted by Crippen LogP contribution is -2.14. The van der Waals surface area contributed by atoms with Crippen molar-refractivity contribution in [2.24, 2.45) is 0 Å². The summed E-state index contributed by atoms with van der Waals surface area (Å²) in [5.74, 6) is 0.938. The van der Waals surface area contributed by atoms with Crippen LogP contribution in [0.25, 0.3) is 33.9 Å². The normalized spacial score (nSPS) is 12.2. The third kappa shape index (κ3) is 6.77. The fourth-order valence-electron chi connectivity index (χ4n) is 4.94. The summed E-state index contributed by atoms with van der Waals surface area (Å²) in [4.78, 5) is 8.68. The Kier molecular flexibility index (Phi) is 8.41. The van der Waals surface area contributed by atoms with E-state index >= 15 is 0 Å². The molecule has 2 aromatic carbocycles. The molecule has 0 bridgehead atoms.